The fourth-order valence-corrected chi connectivity index (χ4v) is 4.26. The summed E-state index contributed by atoms with van der Waals surface area (Å²) in [5.41, 5.74) is 1.96. The summed E-state index contributed by atoms with van der Waals surface area (Å²) < 4.78 is 2.15. The Bertz CT molecular complexity index is 660. The van der Waals surface area contributed by atoms with E-state index in [1.165, 1.54) is 24.3 Å². The molecule has 1 fully saturated rings. The lowest BCUT2D eigenvalue weighted by molar-refractivity contribution is 0.0698. The summed E-state index contributed by atoms with van der Waals surface area (Å²) in [5.74, 6) is 3.19. The van der Waals surface area contributed by atoms with Gasteiger partial charge in [0.2, 0.25) is 0 Å². The van der Waals surface area contributed by atoms with Crippen LogP contribution in [0, 0.1) is 5.92 Å². The number of rotatable bonds is 4. The Kier molecular flexibility index (Phi) is 4.19. The van der Waals surface area contributed by atoms with Gasteiger partial charge in [-0.15, -0.1) is 0 Å². The van der Waals surface area contributed by atoms with Gasteiger partial charge in [-0.05, 0) is 42.4 Å². The predicted molar refractivity (Wildman–Crippen MR) is 86.1 cm³/mol. The van der Waals surface area contributed by atoms with Crippen molar-refractivity contribution < 1.29 is 9.90 Å². The lowest BCUT2D eigenvalue weighted by Crippen LogP contribution is -2.18. The number of fused-ring (bicyclic) bond motifs is 1. The van der Waals surface area contributed by atoms with Gasteiger partial charge >= 0.3 is 5.97 Å². The predicted octanol–water partition coefficient (Wildman–Crippen LogP) is 3.44. The number of nitrogens with zero attached hydrogens (tertiary/aromatic N) is 2. The summed E-state index contributed by atoms with van der Waals surface area (Å²) >= 11 is 2.01. The minimum atomic E-state index is -0.872. The maximum atomic E-state index is 11.5. The van der Waals surface area contributed by atoms with Gasteiger partial charge in [-0.1, -0.05) is 13.0 Å². The Labute approximate surface area is 128 Å². The molecular weight excluding hydrogens is 284 g/mol. The van der Waals surface area contributed by atoms with Crippen LogP contribution in [0.3, 0.4) is 0 Å². The van der Waals surface area contributed by atoms with Crippen LogP contribution in [0.5, 0.6) is 0 Å². The highest BCUT2D eigenvalue weighted by molar-refractivity contribution is 7.99. The Morgan fingerprint density at radius 3 is 2.86 bits per heavy atom. The zero-order valence-electron chi connectivity index (χ0n) is 12.2. The number of carboxylic acid groups (broad SMARTS) is 1. The molecule has 5 heteroatoms. The summed E-state index contributed by atoms with van der Waals surface area (Å²) in [7, 11) is 0. The van der Waals surface area contributed by atoms with Gasteiger partial charge in [-0.25, -0.2) is 9.78 Å². The van der Waals surface area contributed by atoms with Gasteiger partial charge in [-0.3, -0.25) is 0 Å². The Balaban J connectivity index is 2.07. The Morgan fingerprint density at radius 1 is 1.43 bits per heavy atom. The summed E-state index contributed by atoms with van der Waals surface area (Å²) in [6, 6.07) is 5.37. The van der Waals surface area contributed by atoms with Crippen LogP contribution in [0.15, 0.2) is 18.2 Å². The third-order valence-corrected chi connectivity index (χ3v) is 5.22. The number of thioether (sulfide) groups is 1. The molecule has 0 saturated carbocycles. The van der Waals surface area contributed by atoms with Gasteiger partial charge in [0.25, 0.3) is 0 Å². The number of carbonyl (C=O) groups is 1. The van der Waals surface area contributed by atoms with E-state index in [-0.39, 0.29) is 0 Å². The normalized spacial score (nSPS) is 16.4. The molecule has 0 amide bonds. The highest BCUT2D eigenvalue weighted by atomic mass is 32.2. The van der Waals surface area contributed by atoms with Crippen LogP contribution in [-0.4, -0.2) is 32.1 Å². The van der Waals surface area contributed by atoms with Gasteiger partial charge in [0.1, 0.15) is 5.82 Å². The maximum Gasteiger partial charge on any atom is 0.337 e. The Hall–Kier alpha value is -1.49. The van der Waals surface area contributed by atoms with Crippen LogP contribution in [-0.2, 0) is 13.0 Å². The van der Waals surface area contributed by atoms with E-state index in [2.05, 4.69) is 16.5 Å². The number of para-hydroxylation sites is 1. The quantitative estimate of drug-likeness (QED) is 0.940. The second-order valence-corrected chi connectivity index (χ2v) is 6.75. The van der Waals surface area contributed by atoms with E-state index in [0.29, 0.717) is 11.5 Å². The molecule has 1 aliphatic rings. The monoisotopic (exact) mass is 304 g/mol. The van der Waals surface area contributed by atoms with Crippen LogP contribution < -0.4 is 0 Å². The lowest BCUT2D eigenvalue weighted by Gasteiger charge is -2.23. The minimum absolute atomic E-state index is 0.366. The number of hydrogen-bond acceptors (Lipinski definition) is 3. The average Bonchev–Trinajstić information content (AvgIpc) is 2.86. The largest absolute Gasteiger partial charge is 0.478 e. The average molecular weight is 304 g/mol. The zero-order chi connectivity index (χ0) is 14.8. The van der Waals surface area contributed by atoms with Crippen molar-refractivity contribution in [3.8, 4) is 0 Å². The molecule has 0 atom stereocenters. The smallest absolute Gasteiger partial charge is 0.337 e. The van der Waals surface area contributed by atoms with Crippen LogP contribution in [0.4, 0.5) is 0 Å². The van der Waals surface area contributed by atoms with Crippen molar-refractivity contribution in [1.29, 1.82) is 0 Å². The fourth-order valence-electron chi connectivity index (χ4n) is 3.06. The molecule has 112 valence electrons. The van der Waals surface area contributed by atoms with E-state index in [0.717, 1.165) is 29.8 Å². The highest BCUT2D eigenvalue weighted by Crippen LogP contribution is 2.28. The number of aromatic nitrogens is 2. The molecule has 1 aromatic carbocycles. The van der Waals surface area contributed by atoms with E-state index in [1.54, 1.807) is 12.1 Å². The van der Waals surface area contributed by atoms with Crippen molar-refractivity contribution in [3.05, 3.63) is 29.6 Å². The number of imidazole rings is 1. The third-order valence-electron chi connectivity index (χ3n) is 4.17. The molecule has 2 aromatic rings. The van der Waals surface area contributed by atoms with Crippen LogP contribution in [0.2, 0.25) is 0 Å². The zero-order valence-corrected chi connectivity index (χ0v) is 13.0. The molecule has 0 aliphatic carbocycles. The van der Waals surface area contributed by atoms with E-state index in [1.807, 2.05) is 17.8 Å². The molecule has 1 saturated heterocycles. The summed E-state index contributed by atoms with van der Waals surface area (Å²) in [4.78, 5) is 16.1. The molecule has 0 bridgehead atoms. The molecule has 2 heterocycles. The molecule has 1 aromatic heterocycles. The molecule has 4 nitrogen and oxygen atoms in total. The molecule has 0 radical (unpaired) electrons. The molecule has 0 unspecified atom stereocenters. The van der Waals surface area contributed by atoms with Gasteiger partial charge < -0.3 is 9.67 Å². The van der Waals surface area contributed by atoms with Crippen molar-refractivity contribution in [2.24, 2.45) is 5.92 Å². The maximum absolute atomic E-state index is 11.5. The SMILES string of the molecule is CCc1nc2cccc(C(=O)O)c2n1CC1CCSCC1. The highest BCUT2D eigenvalue weighted by Gasteiger charge is 2.21. The number of hydrogen-bond donors (Lipinski definition) is 1. The van der Waals surface area contributed by atoms with Gasteiger partial charge in [-0.2, -0.15) is 11.8 Å². The van der Waals surface area contributed by atoms with Crippen molar-refractivity contribution in [2.75, 3.05) is 11.5 Å². The fraction of sp³-hybridized carbons (Fsp3) is 0.500. The topological polar surface area (TPSA) is 55.1 Å². The van der Waals surface area contributed by atoms with Crippen LogP contribution >= 0.6 is 11.8 Å². The van der Waals surface area contributed by atoms with Gasteiger partial charge in [0.05, 0.1) is 16.6 Å². The van der Waals surface area contributed by atoms with Gasteiger partial charge in [0, 0.05) is 13.0 Å². The van der Waals surface area contributed by atoms with Gasteiger partial charge in [0.15, 0.2) is 0 Å². The molecule has 1 aliphatic heterocycles. The van der Waals surface area contributed by atoms with E-state index < -0.39 is 5.97 Å². The first-order valence-electron chi connectivity index (χ1n) is 7.50. The first kappa shape index (κ1) is 14.4. The Morgan fingerprint density at radius 2 is 2.19 bits per heavy atom. The second kappa shape index (κ2) is 6.10. The van der Waals surface area contributed by atoms with Crippen molar-refractivity contribution in [2.45, 2.75) is 32.7 Å². The first-order valence-corrected chi connectivity index (χ1v) is 8.65. The van der Waals surface area contributed by atoms with Crippen LogP contribution in [0.1, 0.15) is 35.9 Å². The molecule has 21 heavy (non-hydrogen) atoms. The molecule has 1 N–H and O–H groups in total. The minimum Gasteiger partial charge on any atom is -0.478 e. The van der Waals surface area contributed by atoms with Crippen molar-refractivity contribution >= 4 is 28.8 Å². The summed E-state index contributed by atoms with van der Waals surface area (Å²) in [5, 5.41) is 9.45. The molecule has 3 rings (SSSR count). The molecular formula is C16H20N2O2S. The second-order valence-electron chi connectivity index (χ2n) is 5.53. The summed E-state index contributed by atoms with van der Waals surface area (Å²) in [6.07, 6.45) is 3.25. The van der Waals surface area contributed by atoms with Crippen molar-refractivity contribution in [3.63, 3.8) is 0 Å². The van der Waals surface area contributed by atoms with E-state index in [4.69, 9.17) is 0 Å². The first-order chi connectivity index (χ1) is 10.2. The molecule has 0 spiro atoms. The van der Waals surface area contributed by atoms with E-state index in [9.17, 15) is 9.90 Å². The number of carboxylic acids is 1. The lowest BCUT2D eigenvalue weighted by atomic mass is 10.0. The van der Waals surface area contributed by atoms with Crippen LogP contribution in [0.25, 0.3) is 11.0 Å². The number of aromatic carboxylic acids is 1. The summed E-state index contributed by atoms with van der Waals surface area (Å²) in [6.45, 7) is 2.97. The third kappa shape index (κ3) is 2.79. The number of benzene rings is 1. The number of aryl methyl sites for hydroxylation is 1. The van der Waals surface area contributed by atoms with E-state index >= 15 is 0 Å². The standard InChI is InChI=1S/C16H20N2O2S/c1-2-14-17-13-5-3-4-12(16(19)20)15(13)18(14)10-11-6-8-21-9-7-11/h3-5,11H,2,6-10H2,1H3,(H,19,20). The van der Waals surface area contributed by atoms with Crippen molar-refractivity contribution in [1.82, 2.24) is 9.55 Å².